The summed E-state index contributed by atoms with van der Waals surface area (Å²) in [5.41, 5.74) is -6.97. The number of carbonyl (C=O) groups excluding carboxylic acids is 1. The van der Waals surface area contributed by atoms with Crippen molar-refractivity contribution < 1.29 is 51.1 Å². The van der Waals surface area contributed by atoms with Crippen molar-refractivity contribution in [1.29, 1.82) is 0 Å². The number of carbonyl (C=O) groups is 1. The Balaban J connectivity index is 0.000000197. The molecule has 224 valence electrons. The fraction of sp³-hybridized carbons (Fsp3) is 0.136. The molecule has 5 aromatic rings. The van der Waals surface area contributed by atoms with E-state index in [1.807, 2.05) is 5.16 Å². The number of ketones is 1. The quantitative estimate of drug-likeness (QED) is 0.0646. The largest absolute Gasteiger partial charge is 0.505 e. The van der Waals surface area contributed by atoms with E-state index in [1.165, 1.54) is 18.6 Å². The van der Waals surface area contributed by atoms with Crippen LogP contribution in [0.5, 0.6) is 11.5 Å². The number of nitrogens with one attached hydrogen (secondary N) is 2. The molecule has 0 saturated carbocycles. The first kappa shape index (κ1) is 30.1. The average Bonchev–Trinajstić information content (AvgIpc) is 3.42. The van der Waals surface area contributed by atoms with E-state index in [0.29, 0.717) is 6.07 Å². The molecule has 5 rings (SSSR count). The van der Waals surface area contributed by atoms with Crippen molar-refractivity contribution in [2.24, 2.45) is 5.16 Å². The third-order valence-corrected chi connectivity index (χ3v) is 5.34. The molecular weight excluding hydrogens is 602 g/mol. The summed E-state index contributed by atoms with van der Waals surface area (Å²) in [4.78, 5) is 54.8. The van der Waals surface area contributed by atoms with Gasteiger partial charge in [-0.05, 0) is 0 Å². The molecule has 0 amide bonds. The second-order valence-corrected chi connectivity index (χ2v) is 8.08. The van der Waals surface area contributed by atoms with Gasteiger partial charge in [-0.15, -0.1) is 0 Å². The fourth-order valence-corrected chi connectivity index (χ4v) is 3.44. The number of oxime groups is 1. The van der Waals surface area contributed by atoms with Crippen LogP contribution in [0.1, 0.15) is 22.5 Å². The Bertz CT molecular complexity index is 2000. The molecule has 0 aromatic carbocycles. The van der Waals surface area contributed by atoms with Gasteiger partial charge in [-0.1, -0.05) is 10.3 Å². The Morgan fingerprint density at radius 3 is 1.91 bits per heavy atom. The molecule has 0 bridgehead atoms. The van der Waals surface area contributed by atoms with Crippen LogP contribution in [0.15, 0.2) is 50.1 Å². The number of aromatic amines is 2. The van der Waals surface area contributed by atoms with Gasteiger partial charge in [-0.25, -0.2) is 19.9 Å². The van der Waals surface area contributed by atoms with Crippen LogP contribution in [0.4, 0.5) is 26.3 Å². The first-order valence-electron chi connectivity index (χ1n) is 11.1. The number of halogens is 6. The molecular formula is C22H12F6N8O7. The van der Waals surface area contributed by atoms with Gasteiger partial charge in [-0.3, -0.25) is 14.4 Å². The minimum atomic E-state index is -5.05. The molecule has 0 radical (unpaired) electrons. The van der Waals surface area contributed by atoms with E-state index in [-0.39, 0.29) is 22.3 Å². The predicted octanol–water partition coefficient (Wildman–Crippen LogP) is 2.69. The Morgan fingerprint density at radius 2 is 1.40 bits per heavy atom. The summed E-state index contributed by atoms with van der Waals surface area (Å²) >= 11 is 0. The summed E-state index contributed by atoms with van der Waals surface area (Å²) in [5, 5.41) is 33.0. The SMILES string of the molecule is O=C(C/C(=N/O)C(F)(F)F)c1c(O)c2nccnc2[nH]c1=O.O=c1[nH]c2nccnc2c(O)c1-c1cc(C(F)(F)F)no1. The third kappa shape index (κ3) is 6.08. The summed E-state index contributed by atoms with van der Waals surface area (Å²) in [6.07, 6.45) is -6.28. The van der Waals surface area contributed by atoms with E-state index in [4.69, 9.17) is 5.21 Å². The molecule has 0 atom stereocenters. The van der Waals surface area contributed by atoms with Gasteiger partial charge in [-0.2, -0.15) is 26.3 Å². The van der Waals surface area contributed by atoms with Gasteiger partial charge >= 0.3 is 12.4 Å². The van der Waals surface area contributed by atoms with Crippen molar-refractivity contribution in [3.63, 3.8) is 0 Å². The molecule has 0 saturated heterocycles. The van der Waals surface area contributed by atoms with E-state index in [0.717, 1.165) is 6.20 Å². The summed E-state index contributed by atoms with van der Waals surface area (Å²) in [6, 6.07) is 0.520. The summed E-state index contributed by atoms with van der Waals surface area (Å²) in [5.74, 6) is -3.42. The Labute approximate surface area is 230 Å². The maximum Gasteiger partial charge on any atom is 0.436 e. The number of pyridine rings is 2. The van der Waals surface area contributed by atoms with E-state index in [1.54, 1.807) is 0 Å². The highest BCUT2D eigenvalue weighted by atomic mass is 19.4. The minimum absolute atomic E-state index is 0.000639. The van der Waals surface area contributed by atoms with Gasteiger partial charge in [0.05, 0.1) is 6.42 Å². The normalized spacial score (nSPS) is 12.3. The van der Waals surface area contributed by atoms with Crippen LogP contribution >= 0.6 is 0 Å². The number of H-pyrrole nitrogens is 2. The van der Waals surface area contributed by atoms with Gasteiger partial charge in [0.15, 0.2) is 45.7 Å². The Kier molecular flexibility index (Phi) is 7.82. The highest BCUT2D eigenvalue weighted by molar-refractivity contribution is 6.13. The predicted molar refractivity (Wildman–Crippen MR) is 128 cm³/mol. The second-order valence-electron chi connectivity index (χ2n) is 8.08. The summed E-state index contributed by atoms with van der Waals surface area (Å²) in [7, 11) is 0. The van der Waals surface area contributed by atoms with Crippen molar-refractivity contribution in [1.82, 2.24) is 35.1 Å². The lowest BCUT2D eigenvalue weighted by molar-refractivity contribution is -0.142. The Hall–Kier alpha value is -5.89. The van der Waals surface area contributed by atoms with Crippen molar-refractivity contribution in [2.75, 3.05) is 0 Å². The molecule has 0 aliphatic carbocycles. The van der Waals surface area contributed by atoms with Crippen molar-refractivity contribution in [3.05, 3.63) is 62.8 Å². The highest BCUT2D eigenvalue weighted by Gasteiger charge is 2.39. The molecule has 0 unspecified atom stereocenters. The molecule has 21 heteroatoms. The standard InChI is InChI=1S/C11H7F3N4O4.C11H5F3N4O3/c12-11(13,14)5(18-22)3-4(19)6-8(20)7-9(17-10(6)21)16-2-1-15-7;12-11(13,14)5-3-4(21-18-5)6-8(19)7-9(17-10(6)20)16-2-1-15-7/h1-2,22H,3H2,(H2,16,17,20,21);1-3H,(H2,16,17,19,20)/b18-5-;. The van der Waals surface area contributed by atoms with Gasteiger partial charge in [0.25, 0.3) is 11.1 Å². The number of alkyl halides is 6. The Morgan fingerprint density at radius 1 is 0.860 bits per heavy atom. The lowest BCUT2D eigenvalue weighted by atomic mass is 10.1. The van der Waals surface area contributed by atoms with Crippen LogP contribution in [0.3, 0.4) is 0 Å². The molecule has 5 heterocycles. The number of Topliss-reactive ketones (excluding diaryl/α,β-unsaturated/α-hetero) is 1. The zero-order valence-electron chi connectivity index (χ0n) is 20.5. The number of aromatic hydroxyl groups is 2. The number of nitrogens with zero attached hydrogens (tertiary/aromatic N) is 6. The van der Waals surface area contributed by atoms with Crippen LogP contribution in [0.25, 0.3) is 33.7 Å². The van der Waals surface area contributed by atoms with Crippen LogP contribution in [-0.2, 0) is 6.18 Å². The first-order valence-corrected chi connectivity index (χ1v) is 11.1. The lowest BCUT2D eigenvalue weighted by Gasteiger charge is -2.08. The molecule has 43 heavy (non-hydrogen) atoms. The van der Waals surface area contributed by atoms with E-state index < -0.39 is 75.5 Å². The number of fused-ring (bicyclic) bond motifs is 2. The molecule has 5 aromatic heterocycles. The summed E-state index contributed by atoms with van der Waals surface area (Å²) < 4.78 is 79.2. The highest BCUT2D eigenvalue weighted by Crippen LogP contribution is 2.34. The topological polar surface area (TPSA) is 233 Å². The molecule has 0 aliphatic heterocycles. The van der Waals surface area contributed by atoms with Crippen LogP contribution in [0, 0.1) is 0 Å². The fourth-order valence-electron chi connectivity index (χ4n) is 3.44. The third-order valence-electron chi connectivity index (χ3n) is 5.34. The van der Waals surface area contributed by atoms with Crippen molar-refractivity contribution >= 4 is 33.8 Å². The van der Waals surface area contributed by atoms with Crippen LogP contribution in [-0.4, -0.2) is 68.2 Å². The maximum atomic E-state index is 12.5. The number of aromatic nitrogens is 7. The molecule has 5 N–H and O–H groups in total. The number of hydrogen-bond acceptors (Lipinski definition) is 13. The van der Waals surface area contributed by atoms with Gasteiger partial charge in [0, 0.05) is 30.9 Å². The molecule has 0 fully saturated rings. The monoisotopic (exact) mass is 614 g/mol. The first-order chi connectivity index (χ1) is 20.1. The van der Waals surface area contributed by atoms with E-state index in [2.05, 4.69) is 39.6 Å². The van der Waals surface area contributed by atoms with Crippen LogP contribution in [0.2, 0.25) is 0 Å². The van der Waals surface area contributed by atoms with E-state index in [9.17, 15) is 50.9 Å². The maximum absolute atomic E-state index is 12.5. The zero-order chi connectivity index (χ0) is 31.7. The smallest absolute Gasteiger partial charge is 0.436 e. The van der Waals surface area contributed by atoms with Gasteiger partial charge in [0.1, 0.15) is 22.2 Å². The summed E-state index contributed by atoms with van der Waals surface area (Å²) in [6.45, 7) is 0. The number of rotatable bonds is 4. The zero-order valence-corrected chi connectivity index (χ0v) is 20.5. The average molecular weight is 614 g/mol. The number of hydrogen-bond donors (Lipinski definition) is 5. The molecule has 0 spiro atoms. The van der Waals surface area contributed by atoms with E-state index >= 15 is 0 Å². The van der Waals surface area contributed by atoms with Gasteiger partial charge < -0.3 is 29.9 Å². The molecule has 15 nitrogen and oxygen atoms in total. The second kappa shape index (κ2) is 11.2. The van der Waals surface area contributed by atoms with Gasteiger partial charge in [0.2, 0.25) is 0 Å². The lowest BCUT2D eigenvalue weighted by Crippen LogP contribution is -2.28. The van der Waals surface area contributed by atoms with Crippen molar-refractivity contribution in [2.45, 2.75) is 18.8 Å². The minimum Gasteiger partial charge on any atom is -0.505 e. The molecule has 0 aliphatic rings. The van der Waals surface area contributed by atoms with Crippen molar-refractivity contribution in [3.8, 4) is 22.8 Å². The van der Waals surface area contributed by atoms with Crippen LogP contribution < -0.4 is 11.1 Å².